The van der Waals surface area contributed by atoms with E-state index in [1.54, 1.807) is 0 Å². The maximum atomic E-state index is 10.4. The number of thiol groups is 1. The maximum Gasteiger partial charge on any atom is 0.161 e. The van der Waals surface area contributed by atoms with E-state index < -0.39 is 0 Å². The average molecular weight is 200 g/mol. The van der Waals surface area contributed by atoms with E-state index in [-0.39, 0.29) is 15.3 Å². The Morgan fingerprint density at radius 3 is 1.92 bits per heavy atom. The van der Waals surface area contributed by atoms with Gasteiger partial charge in [0.15, 0.2) is 18.9 Å². The molecule has 0 fully saturated rings. The summed E-state index contributed by atoms with van der Waals surface area (Å²) in [6.07, 6.45) is 1.64. The Labute approximate surface area is 77.8 Å². The van der Waals surface area contributed by atoms with Crippen molar-refractivity contribution in [2.24, 2.45) is 0 Å². The second-order valence-corrected chi connectivity index (χ2v) is 3.48. The van der Waals surface area contributed by atoms with Gasteiger partial charge in [-0.05, 0) is 0 Å². The summed E-state index contributed by atoms with van der Waals surface area (Å²) in [4.78, 5) is 32.0. The molecule has 12 heavy (non-hydrogen) atoms. The molecule has 0 unspecified atom stereocenters. The van der Waals surface area contributed by atoms with Gasteiger partial charge in [-0.15, -0.1) is 24.0 Å². The largest absolute Gasteiger partial charge is 0.298 e. The lowest BCUT2D eigenvalue weighted by Gasteiger charge is -1.85. The summed E-state index contributed by atoms with van der Waals surface area (Å²) in [5.74, 6) is 0. The fourth-order valence-corrected chi connectivity index (χ4v) is 1.99. The van der Waals surface area contributed by atoms with Crippen LogP contribution in [-0.4, -0.2) is 18.9 Å². The van der Waals surface area contributed by atoms with Crippen LogP contribution in [0, 0.1) is 0 Å². The van der Waals surface area contributed by atoms with Gasteiger partial charge in [0.05, 0.1) is 9.75 Å². The summed E-state index contributed by atoms with van der Waals surface area (Å²) in [5.41, 5.74) is 0.195. The molecule has 0 aromatic carbocycles. The molecule has 1 heterocycles. The summed E-state index contributed by atoms with van der Waals surface area (Å²) >= 11 is 4.90. The first-order chi connectivity index (χ1) is 5.74. The molecule has 0 aliphatic carbocycles. The van der Waals surface area contributed by atoms with Crippen LogP contribution in [0.2, 0.25) is 0 Å². The highest BCUT2D eigenvalue weighted by molar-refractivity contribution is 7.80. The summed E-state index contributed by atoms with van der Waals surface area (Å²) in [6.45, 7) is 0. The summed E-state index contributed by atoms with van der Waals surface area (Å²) in [6, 6.07) is 0. The quantitative estimate of drug-likeness (QED) is 0.594. The van der Waals surface area contributed by atoms with Crippen LogP contribution in [0.4, 0.5) is 0 Å². The van der Waals surface area contributed by atoms with E-state index in [2.05, 4.69) is 12.6 Å². The lowest BCUT2D eigenvalue weighted by atomic mass is 10.3. The van der Waals surface area contributed by atoms with Crippen molar-refractivity contribution in [2.45, 2.75) is 4.90 Å². The molecule has 3 nitrogen and oxygen atoms in total. The zero-order valence-corrected chi connectivity index (χ0v) is 7.52. The minimum atomic E-state index is 0.195. The highest BCUT2D eigenvalue weighted by Crippen LogP contribution is 2.27. The van der Waals surface area contributed by atoms with Gasteiger partial charge in [0.25, 0.3) is 0 Å². The number of thiophene rings is 1. The summed E-state index contributed by atoms with van der Waals surface area (Å²) < 4.78 is 0. The second-order valence-electron chi connectivity index (χ2n) is 1.95. The van der Waals surface area contributed by atoms with Gasteiger partial charge in [0, 0.05) is 10.5 Å². The fraction of sp³-hybridized carbons (Fsp3) is 0. The van der Waals surface area contributed by atoms with Crippen LogP contribution in [0.1, 0.15) is 29.7 Å². The molecule has 1 aromatic rings. The van der Waals surface area contributed by atoms with Gasteiger partial charge >= 0.3 is 0 Å². The van der Waals surface area contributed by atoms with Crippen LogP contribution in [-0.2, 0) is 0 Å². The van der Waals surface area contributed by atoms with Crippen molar-refractivity contribution in [3.05, 3.63) is 15.3 Å². The van der Waals surface area contributed by atoms with E-state index in [9.17, 15) is 14.4 Å². The molecule has 0 atom stereocenters. The van der Waals surface area contributed by atoms with Crippen LogP contribution < -0.4 is 0 Å². The van der Waals surface area contributed by atoms with Gasteiger partial charge < -0.3 is 0 Å². The molecule has 62 valence electrons. The number of aldehydes is 3. The smallest absolute Gasteiger partial charge is 0.161 e. The van der Waals surface area contributed by atoms with Crippen LogP contribution in [0.3, 0.4) is 0 Å². The minimum absolute atomic E-state index is 0.195. The van der Waals surface area contributed by atoms with Crippen LogP contribution in [0.15, 0.2) is 4.90 Å². The number of hydrogen-bond acceptors (Lipinski definition) is 5. The molecule has 1 aromatic heterocycles. The zero-order valence-electron chi connectivity index (χ0n) is 5.81. The third-order valence-corrected chi connectivity index (χ3v) is 3.00. The van der Waals surface area contributed by atoms with Crippen molar-refractivity contribution in [1.29, 1.82) is 0 Å². The number of hydrogen-bond donors (Lipinski definition) is 1. The highest BCUT2D eigenvalue weighted by Gasteiger charge is 2.13. The Bertz CT molecular complexity index is 341. The summed E-state index contributed by atoms with van der Waals surface area (Å²) in [5, 5.41) is 0. The predicted molar refractivity (Wildman–Crippen MR) is 47.7 cm³/mol. The number of carbonyl (C=O) groups excluding carboxylic acids is 3. The second kappa shape index (κ2) is 3.64. The molecule has 0 bridgehead atoms. The monoisotopic (exact) mass is 200 g/mol. The minimum Gasteiger partial charge on any atom is -0.298 e. The molecule has 0 spiro atoms. The fourth-order valence-electron chi connectivity index (χ4n) is 0.753. The van der Waals surface area contributed by atoms with Crippen LogP contribution in [0.25, 0.3) is 0 Å². The molecular weight excluding hydrogens is 196 g/mol. The van der Waals surface area contributed by atoms with E-state index >= 15 is 0 Å². The van der Waals surface area contributed by atoms with Crippen molar-refractivity contribution < 1.29 is 14.4 Å². The van der Waals surface area contributed by atoms with E-state index in [0.29, 0.717) is 23.7 Å². The highest BCUT2D eigenvalue weighted by atomic mass is 32.1. The van der Waals surface area contributed by atoms with E-state index in [1.165, 1.54) is 0 Å². The van der Waals surface area contributed by atoms with Crippen molar-refractivity contribution >= 4 is 42.8 Å². The van der Waals surface area contributed by atoms with Gasteiger partial charge in [-0.25, -0.2) is 0 Å². The Kier molecular flexibility index (Phi) is 2.78. The van der Waals surface area contributed by atoms with E-state index in [1.807, 2.05) is 0 Å². The third kappa shape index (κ3) is 1.33. The zero-order chi connectivity index (χ0) is 9.14. The molecule has 0 aliphatic heterocycles. The van der Waals surface area contributed by atoms with Gasteiger partial charge in [0.2, 0.25) is 0 Å². The van der Waals surface area contributed by atoms with Crippen molar-refractivity contribution in [2.75, 3.05) is 0 Å². The molecular formula is C7H4O3S2. The molecule has 5 heteroatoms. The molecule has 0 amide bonds. The van der Waals surface area contributed by atoms with E-state index in [4.69, 9.17) is 0 Å². The normalized spacial score (nSPS) is 9.42. The number of carbonyl (C=O) groups is 3. The first-order valence-corrected chi connectivity index (χ1v) is 4.22. The topological polar surface area (TPSA) is 51.2 Å². The third-order valence-electron chi connectivity index (χ3n) is 1.31. The lowest BCUT2D eigenvalue weighted by molar-refractivity contribution is 0.109. The van der Waals surface area contributed by atoms with Gasteiger partial charge in [-0.3, -0.25) is 14.4 Å². The standard InChI is InChI=1S/C7H4O3S2/c8-1-4-5(2-9)12-6(3-10)7(4)11/h1-3,11H. The average Bonchev–Trinajstić information content (AvgIpc) is 2.41. The molecule has 0 saturated heterocycles. The SMILES string of the molecule is O=Cc1sc(C=O)c(C=O)c1S. The predicted octanol–water partition coefficient (Wildman–Crippen LogP) is 1.47. The van der Waals surface area contributed by atoms with Crippen molar-refractivity contribution in [3.63, 3.8) is 0 Å². The molecule has 1 rings (SSSR count). The van der Waals surface area contributed by atoms with Crippen molar-refractivity contribution in [1.82, 2.24) is 0 Å². The Hall–Kier alpha value is -0.940. The van der Waals surface area contributed by atoms with Gasteiger partial charge in [-0.1, -0.05) is 0 Å². The van der Waals surface area contributed by atoms with Crippen LogP contribution >= 0.6 is 24.0 Å². The summed E-state index contributed by atoms with van der Waals surface area (Å²) in [7, 11) is 0. The Morgan fingerprint density at radius 2 is 1.58 bits per heavy atom. The number of rotatable bonds is 3. The van der Waals surface area contributed by atoms with Gasteiger partial charge in [-0.2, -0.15) is 0 Å². The lowest BCUT2D eigenvalue weighted by Crippen LogP contribution is -1.83. The maximum absolute atomic E-state index is 10.4. The Morgan fingerprint density at radius 1 is 1.00 bits per heavy atom. The molecule has 0 radical (unpaired) electrons. The molecule has 0 saturated carbocycles. The first-order valence-electron chi connectivity index (χ1n) is 2.95. The first kappa shape index (κ1) is 9.15. The van der Waals surface area contributed by atoms with Crippen molar-refractivity contribution in [3.8, 4) is 0 Å². The van der Waals surface area contributed by atoms with E-state index in [0.717, 1.165) is 11.3 Å². The van der Waals surface area contributed by atoms with Gasteiger partial charge in [0.1, 0.15) is 0 Å². The molecule has 0 N–H and O–H groups in total. The Balaban J connectivity index is 3.41. The van der Waals surface area contributed by atoms with Crippen LogP contribution in [0.5, 0.6) is 0 Å². The molecule has 0 aliphatic rings.